The van der Waals surface area contributed by atoms with Gasteiger partial charge >= 0.3 is 0 Å². The van der Waals surface area contributed by atoms with Crippen LogP contribution in [0, 0.1) is 0 Å². The van der Waals surface area contributed by atoms with E-state index in [4.69, 9.17) is 5.73 Å². The topological polar surface area (TPSA) is 72.2 Å². The van der Waals surface area contributed by atoms with Crippen LogP contribution < -0.4 is 11.1 Å². The van der Waals surface area contributed by atoms with Crippen molar-refractivity contribution < 1.29 is 8.42 Å². The predicted molar refractivity (Wildman–Crippen MR) is 74.4 cm³/mol. The van der Waals surface area contributed by atoms with E-state index in [0.717, 1.165) is 24.9 Å². The van der Waals surface area contributed by atoms with E-state index in [1.165, 1.54) is 12.3 Å². The quantitative estimate of drug-likeness (QED) is 0.650. The van der Waals surface area contributed by atoms with Crippen LogP contribution >= 0.6 is 0 Å². The van der Waals surface area contributed by atoms with E-state index in [9.17, 15) is 8.42 Å². The van der Waals surface area contributed by atoms with E-state index in [1.807, 2.05) is 0 Å². The molecule has 0 fully saturated rings. The maximum absolute atomic E-state index is 11.4. The number of allylic oxidation sites excluding steroid dienone is 1. The van der Waals surface area contributed by atoms with E-state index >= 15 is 0 Å². The molecule has 18 heavy (non-hydrogen) atoms. The summed E-state index contributed by atoms with van der Waals surface area (Å²) in [5.41, 5.74) is 7.18. The highest BCUT2D eigenvalue weighted by molar-refractivity contribution is 7.90. The van der Waals surface area contributed by atoms with Crippen molar-refractivity contribution in [2.24, 2.45) is 0 Å². The lowest BCUT2D eigenvalue weighted by Crippen LogP contribution is -2.21. The minimum absolute atomic E-state index is 0.258. The monoisotopic (exact) mass is 266 g/mol. The lowest BCUT2D eigenvalue weighted by Gasteiger charge is -2.21. The minimum Gasteiger partial charge on any atom is -0.397 e. The lowest BCUT2D eigenvalue weighted by atomic mass is 10.0. The highest BCUT2D eigenvalue weighted by atomic mass is 32.2. The first kappa shape index (κ1) is 13.0. The third-order valence-corrected chi connectivity index (χ3v) is 4.19. The minimum atomic E-state index is -3.19. The smallest absolute Gasteiger partial charge is 0.175 e. The Morgan fingerprint density at radius 1 is 1.33 bits per heavy atom. The molecule has 2 rings (SSSR count). The second-order valence-corrected chi connectivity index (χ2v) is 6.66. The number of nitrogens with two attached hydrogens (primary N) is 1. The van der Waals surface area contributed by atoms with E-state index in [1.54, 1.807) is 12.1 Å². The first-order valence-electron chi connectivity index (χ1n) is 5.98. The van der Waals surface area contributed by atoms with Gasteiger partial charge in [-0.15, -0.1) is 0 Å². The summed E-state index contributed by atoms with van der Waals surface area (Å²) in [5.74, 6) is 0. The zero-order valence-corrected chi connectivity index (χ0v) is 11.2. The maximum atomic E-state index is 11.4. The van der Waals surface area contributed by atoms with Crippen LogP contribution in [0.3, 0.4) is 0 Å². The van der Waals surface area contributed by atoms with Crippen LogP contribution in [0.1, 0.15) is 19.3 Å². The summed E-state index contributed by atoms with van der Waals surface area (Å²) in [4.78, 5) is 0.258. The van der Waals surface area contributed by atoms with Crippen LogP contribution in [0.15, 0.2) is 35.2 Å². The molecule has 1 atom stereocenters. The molecule has 0 heterocycles. The number of nitrogen functional groups attached to an aromatic ring is 1. The molecule has 5 heteroatoms. The fourth-order valence-electron chi connectivity index (χ4n) is 2.05. The molecule has 0 radical (unpaired) electrons. The van der Waals surface area contributed by atoms with Crippen LogP contribution in [0.2, 0.25) is 0 Å². The molecule has 3 N–H and O–H groups in total. The lowest BCUT2D eigenvalue weighted by molar-refractivity contribution is 0.602. The number of hydrogen-bond acceptors (Lipinski definition) is 4. The molecule has 0 aromatic heterocycles. The van der Waals surface area contributed by atoms with Gasteiger partial charge in [-0.25, -0.2) is 8.42 Å². The average Bonchev–Trinajstić information content (AvgIpc) is 2.32. The van der Waals surface area contributed by atoms with Crippen LogP contribution in [0.4, 0.5) is 11.4 Å². The Kier molecular flexibility index (Phi) is 3.61. The molecular formula is C13H18N2O2S. The summed E-state index contributed by atoms with van der Waals surface area (Å²) in [6.07, 6.45) is 8.63. The molecule has 0 bridgehead atoms. The van der Waals surface area contributed by atoms with Gasteiger partial charge in [0, 0.05) is 12.3 Å². The summed E-state index contributed by atoms with van der Waals surface area (Å²) < 4.78 is 22.8. The number of rotatable bonds is 3. The molecule has 1 aliphatic carbocycles. The van der Waals surface area contributed by atoms with Crippen molar-refractivity contribution in [2.75, 3.05) is 17.3 Å². The zero-order valence-electron chi connectivity index (χ0n) is 10.4. The van der Waals surface area contributed by atoms with E-state index in [0.29, 0.717) is 11.7 Å². The van der Waals surface area contributed by atoms with Crippen LogP contribution in [0.5, 0.6) is 0 Å². The maximum Gasteiger partial charge on any atom is 0.175 e. The molecular weight excluding hydrogens is 248 g/mol. The summed E-state index contributed by atoms with van der Waals surface area (Å²) in [6.45, 7) is 0. The Balaban J connectivity index is 2.17. The van der Waals surface area contributed by atoms with Gasteiger partial charge in [0.2, 0.25) is 0 Å². The number of benzene rings is 1. The van der Waals surface area contributed by atoms with Gasteiger partial charge in [0.1, 0.15) is 0 Å². The second-order valence-electron chi connectivity index (χ2n) is 4.65. The largest absolute Gasteiger partial charge is 0.397 e. The van der Waals surface area contributed by atoms with Crippen molar-refractivity contribution in [3.8, 4) is 0 Å². The van der Waals surface area contributed by atoms with Gasteiger partial charge < -0.3 is 11.1 Å². The molecule has 1 unspecified atom stereocenters. The molecule has 0 saturated heterocycles. The van der Waals surface area contributed by atoms with Crippen molar-refractivity contribution in [2.45, 2.75) is 30.2 Å². The molecule has 4 nitrogen and oxygen atoms in total. The first-order valence-corrected chi connectivity index (χ1v) is 7.87. The van der Waals surface area contributed by atoms with Crippen LogP contribution in [0.25, 0.3) is 0 Å². The van der Waals surface area contributed by atoms with E-state index < -0.39 is 9.84 Å². The highest BCUT2D eigenvalue weighted by Gasteiger charge is 2.13. The van der Waals surface area contributed by atoms with Gasteiger partial charge in [-0.2, -0.15) is 0 Å². The zero-order chi connectivity index (χ0) is 13.2. The third-order valence-electron chi connectivity index (χ3n) is 3.08. The summed E-state index contributed by atoms with van der Waals surface area (Å²) >= 11 is 0. The summed E-state index contributed by atoms with van der Waals surface area (Å²) in [7, 11) is -3.19. The SMILES string of the molecule is CS(=O)(=O)c1ccc(NC2CC=CCC2)c(N)c1. The molecule has 0 aliphatic heterocycles. The van der Waals surface area contributed by atoms with E-state index in [2.05, 4.69) is 17.5 Å². The highest BCUT2D eigenvalue weighted by Crippen LogP contribution is 2.25. The summed E-state index contributed by atoms with van der Waals surface area (Å²) in [6, 6.07) is 5.22. The van der Waals surface area contributed by atoms with Gasteiger partial charge in [-0.3, -0.25) is 0 Å². The predicted octanol–water partition coefficient (Wildman–Crippen LogP) is 2.19. The average molecular weight is 266 g/mol. The molecule has 98 valence electrons. The molecule has 1 aromatic rings. The molecule has 0 amide bonds. The summed E-state index contributed by atoms with van der Waals surface area (Å²) in [5, 5.41) is 3.36. The van der Waals surface area contributed by atoms with Crippen molar-refractivity contribution in [1.82, 2.24) is 0 Å². The molecule has 0 saturated carbocycles. The number of hydrogen-bond donors (Lipinski definition) is 2. The van der Waals surface area contributed by atoms with Crippen LogP contribution in [-0.2, 0) is 9.84 Å². The Morgan fingerprint density at radius 2 is 2.11 bits per heavy atom. The first-order chi connectivity index (χ1) is 8.47. The molecule has 0 spiro atoms. The Morgan fingerprint density at radius 3 is 2.67 bits per heavy atom. The normalized spacial score (nSPS) is 19.7. The standard InChI is InChI=1S/C13H18N2O2S/c1-18(16,17)11-7-8-13(12(14)9-11)15-10-5-3-2-4-6-10/h2-3,7-10,15H,4-6,14H2,1H3. The van der Waals surface area contributed by atoms with Crippen molar-refractivity contribution in [3.05, 3.63) is 30.4 Å². The van der Waals surface area contributed by atoms with Crippen molar-refractivity contribution in [3.63, 3.8) is 0 Å². The number of sulfone groups is 1. The van der Waals surface area contributed by atoms with Gasteiger partial charge in [-0.1, -0.05) is 12.2 Å². The fraction of sp³-hybridized carbons (Fsp3) is 0.385. The van der Waals surface area contributed by atoms with Gasteiger partial charge in [-0.05, 0) is 37.5 Å². The molecule has 1 aromatic carbocycles. The number of anilines is 2. The van der Waals surface area contributed by atoms with Crippen molar-refractivity contribution >= 4 is 21.2 Å². The second kappa shape index (κ2) is 5.02. The third kappa shape index (κ3) is 3.04. The fourth-order valence-corrected chi connectivity index (χ4v) is 2.70. The van der Waals surface area contributed by atoms with Gasteiger partial charge in [0.25, 0.3) is 0 Å². The Hall–Kier alpha value is -1.49. The van der Waals surface area contributed by atoms with Crippen LogP contribution in [-0.4, -0.2) is 20.7 Å². The molecule has 1 aliphatic rings. The van der Waals surface area contributed by atoms with E-state index in [-0.39, 0.29) is 4.90 Å². The number of nitrogens with one attached hydrogen (secondary N) is 1. The van der Waals surface area contributed by atoms with Gasteiger partial charge in [0.15, 0.2) is 9.84 Å². The van der Waals surface area contributed by atoms with Crippen molar-refractivity contribution in [1.29, 1.82) is 0 Å². The Labute approximate surface area is 108 Å². The Bertz CT molecular complexity index is 564. The van der Waals surface area contributed by atoms with Gasteiger partial charge in [0.05, 0.1) is 16.3 Å².